The molecule has 3 aromatic rings. The SMILES string of the molecule is CCN(CC)c1ccc(C2C3C(=O)CC(c4ccc(OC)cc4)CC3=Nc3ccccc3N2C(C)=O)c(C)c1. The Morgan fingerprint density at radius 1 is 1.03 bits per heavy atom. The van der Waals surface area contributed by atoms with E-state index in [1.54, 1.807) is 14.0 Å². The van der Waals surface area contributed by atoms with Gasteiger partial charge in [0.25, 0.3) is 0 Å². The van der Waals surface area contributed by atoms with Gasteiger partial charge in [0.15, 0.2) is 0 Å². The number of aryl methyl sites for hydroxylation is 1. The number of hydrogen-bond acceptors (Lipinski definition) is 5. The van der Waals surface area contributed by atoms with Gasteiger partial charge >= 0.3 is 0 Å². The van der Waals surface area contributed by atoms with Crippen LogP contribution in [0.25, 0.3) is 0 Å². The summed E-state index contributed by atoms with van der Waals surface area (Å²) in [5.74, 6) is 0.341. The Hall–Kier alpha value is -3.93. The van der Waals surface area contributed by atoms with E-state index in [4.69, 9.17) is 9.73 Å². The van der Waals surface area contributed by atoms with E-state index in [-0.39, 0.29) is 17.6 Å². The van der Waals surface area contributed by atoms with Crippen LogP contribution in [0.5, 0.6) is 5.75 Å². The lowest BCUT2D eigenvalue weighted by Crippen LogP contribution is -2.45. The maximum absolute atomic E-state index is 14.1. The van der Waals surface area contributed by atoms with E-state index < -0.39 is 12.0 Å². The molecule has 0 spiro atoms. The molecule has 3 unspecified atom stereocenters. The van der Waals surface area contributed by atoms with E-state index in [0.29, 0.717) is 12.8 Å². The smallest absolute Gasteiger partial charge is 0.224 e. The summed E-state index contributed by atoms with van der Waals surface area (Å²) < 4.78 is 5.33. The van der Waals surface area contributed by atoms with E-state index in [2.05, 4.69) is 43.9 Å². The minimum Gasteiger partial charge on any atom is -0.497 e. The lowest BCUT2D eigenvalue weighted by atomic mass is 9.71. The molecule has 5 rings (SSSR count). The molecular weight excluding hydrogens is 486 g/mol. The average molecular weight is 524 g/mol. The Morgan fingerprint density at radius 2 is 1.74 bits per heavy atom. The summed E-state index contributed by atoms with van der Waals surface area (Å²) >= 11 is 0. The number of amides is 1. The standard InChI is InChI=1S/C33H37N3O3/c1-6-35(7-2)25-14-17-27(21(3)18-25)33-32-29(34-28-10-8-9-11-30(28)36(33)22(4)37)19-24(20-31(32)38)23-12-15-26(39-5)16-13-23/h8-18,24,32-33H,6-7,19-20H2,1-5H3. The van der Waals surface area contributed by atoms with Gasteiger partial charge in [-0.05, 0) is 86.2 Å². The van der Waals surface area contributed by atoms with E-state index in [1.165, 1.54) is 0 Å². The van der Waals surface area contributed by atoms with E-state index in [1.807, 2.05) is 53.4 Å². The van der Waals surface area contributed by atoms with Gasteiger partial charge in [0.1, 0.15) is 11.5 Å². The molecular formula is C33H37N3O3. The van der Waals surface area contributed by atoms with Gasteiger partial charge in [-0.3, -0.25) is 14.6 Å². The maximum atomic E-state index is 14.1. The third kappa shape index (κ3) is 4.96. The second kappa shape index (κ2) is 11.0. The zero-order valence-electron chi connectivity index (χ0n) is 23.5. The van der Waals surface area contributed by atoms with Crippen LogP contribution in [0, 0.1) is 12.8 Å². The third-order valence-electron chi connectivity index (χ3n) is 8.24. The second-order valence-corrected chi connectivity index (χ2v) is 10.5. The van der Waals surface area contributed by atoms with Crippen LogP contribution in [-0.4, -0.2) is 37.6 Å². The highest BCUT2D eigenvalue weighted by Gasteiger charge is 2.46. The van der Waals surface area contributed by atoms with Crippen LogP contribution in [0.4, 0.5) is 17.1 Å². The van der Waals surface area contributed by atoms with Crippen LogP contribution >= 0.6 is 0 Å². The average Bonchev–Trinajstić information content (AvgIpc) is 3.08. The summed E-state index contributed by atoms with van der Waals surface area (Å²) in [7, 11) is 1.65. The Balaban J connectivity index is 1.64. The third-order valence-corrected chi connectivity index (χ3v) is 8.24. The highest BCUT2D eigenvalue weighted by atomic mass is 16.5. The molecule has 202 valence electrons. The Labute approximate surface area is 231 Å². The fourth-order valence-electron chi connectivity index (χ4n) is 6.27. The minimum atomic E-state index is -0.506. The fraction of sp³-hybridized carbons (Fsp3) is 0.364. The number of hydrogen-bond donors (Lipinski definition) is 0. The van der Waals surface area contributed by atoms with Gasteiger partial charge in [-0.1, -0.05) is 30.3 Å². The summed E-state index contributed by atoms with van der Waals surface area (Å²) in [6.07, 6.45) is 1.07. The van der Waals surface area contributed by atoms with E-state index in [0.717, 1.165) is 58.3 Å². The van der Waals surface area contributed by atoms with Crippen LogP contribution in [-0.2, 0) is 9.59 Å². The molecule has 6 nitrogen and oxygen atoms in total. The van der Waals surface area contributed by atoms with Crippen molar-refractivity contribution in [3.05, 3.63) is 83.4 Å². The summed E-state index contributed by atoms with van der Waals surface area (Å²) in [6, 6.07) is 21.7. The highest BCUT2D eigenvalue weighted by molar-refractivity contribution is 6.13. The summed E-state index contributed by atoms with van der Waals surface area (Å²) in [4.78, 5) is 36.7. The lowest BCUT2D eigenvalue weighted by molar-refractivity contribution is -0.123. The normalized spacial score (nSPS) is 20.4. The molecule has 0 N–H and O–H groups in total. The molecule has 1 amide bonds. The van der Waals surface area contributed by atoms with Crippen LogP contribution in [0.2, 0.25) is 0 Å². The van der Waals surface area contributed by atoms with Gasteiger partial charge in [0, 0.05) is 37.8 Å². The second-order valence-electron chi connectivity index (χ2n) is 10.5. The summed E-state index contributed by atoms with van der Waals surface area (Å²) in [6.45, 7) is 9.79. The van der Waals surface area contributed by atoms with Crippen molar-refractivity contribution in [2.45, 2.75) is 52.5 Å². The molecule has 3 aromatic carbocycles. The number of ketones is 1. The zero-order chi connectivity index (χ0) is 27.7. The molecule has 1 aliphatic carbocycles. The molecule has 1 fully saturated rings. The predicted octanol–water partition coefficient (Wildman–Crippen LogP) is 6.79. The Bertz CT molecular complexity index is 1410. The fourth-order valence-corrected chi connectivity index (χ4v) is 6.27. The largest absolute Gasteiger partial charge is 0.497 e. The summed E-state index contributed by atoms with van der Waals surface area (Å²) in [5, 5.41) is 0. The first kappa shape index (κ1) is 26.7. The molecule has 39 heavy (non-hydrogen) atoms. The number of aliphatic imine (C=N–C) groups is 1. The first-order valence-corrected chi connectivity index (χ1v) is 13.8. The first-order chi connectivity index (χ1) is 18.9. The number of anilines is 2. The number of benzene rings is 3. The number of fused-ring (bicyclic) bond motifs is 2. The molecule has 0 bridgehead atoms. The van der Waals surface area contributed by atoms with Crippen LogP contribution in [0.1, 0.15) is 62.3 Å². The van der Waals surface area contributed by atoms with Crippen molar-refractivity contribution < 1.29 is 14.3 Å². The number of carbonyl (C=O) groups excluding carboxylic acids is 2. The Kier molecular flexibility index (Phi) is 7.56. The van der Waals surface area contributed by atoms with Crippen LogP contribution < -0.4 is 14.5 Å². The van der Waals surface area contributed by atoms with Gasteiger partial charge < -0.3 is 14.5 Å². The molecule has 6 heteroatoms. The number of nitrogens with zero attached hydrogens (tertiary/aromatic N) is 3. The van der Waals surface area contributed by atoms with Crippen molar-refractivity contribution >= 4 is 34.5 Å². The van der Waals surface area contributed by atoms with Crippen molar-refractivity contribution in [2.75, 3.05) is 30.0 Å². The topological polar surface area (TPSA) is 62.2 Å². The molecule has 1 saturated carbocycles. The van der Waals surface area contributed by atoms with Gasteiger partial charge in [-0.15, -0.1) is 0 Å². The van der Waals surface area contributed by atoms with Crippen molar-refractivity contribution in [3.63, 3.8) is 0 Å². The predicted molar refractivity (Wildman–Crippen MR) is 158 cm³/mol. The van der Waals surface area contributed by atoms with Gasteiger partial charge in [-0.2, -0.15) is 0 Å². The molecule has 0 aromatic heterocycles. The van der Waals surface area contributed by atoms with Crippen LogP contribution in [0.15, 0.2) is 71.7 Å². The van der Waals surface area contributed by atoms with E-state index in [9.17, 15) is 9.59 Å². The monoisotopic (exact) mass is 523 g/mol. The van der Waals surface area contributed by atoms with Crippen molar-refractivity contribution in [2.24, 2.45) is 10.9 Å². The molecule has 0 saturated heterocycles. The number of methoxy groups -OCH3 is 1. The number of para-hydroxylation sites is 2. The van der Waals surface area contributed by atoms with Crippen molar-refractivity contribution in [3.8, 4) is 5.75 Å². The number of carbonyl (C=O) groups is 2. The molecule has 2 aliphatic rings. The zero-order valence-corrected chi connectivity index (χ0v) is 23.5. The van der Waals surface area contributed by atoms with Gasteiger partial charge in [0.2, 0.25) is 5.91 Å². The minimum absolute atomic E-state index is 0.0289. The van der Waals surface area contributed by atoms with E-state index >= 15 is 0 Å². The molecule has 1 aliphatic heterocycles. The van der Waals surface area contributed by atoms with Crippen molar-refractivity contribution in [1.29, 1.82) is 0 Å². The molecule has 3 atom stereocenters. The summed E-state index contributed by atoms with van der Waals surface area (Å²) in [5.41, 5.74) is 6.64. The quantitative estimate of drug-likeness (QED) is 0.357. The molecule has 1 heterocycles. The first-order valence-electron chi connectivity index (χ1n) is 13.8. The van der Waals surface area contributed by atoms with Crippen molar-refractivity contribution in [1.82, 2.24) is 0 Å². The van der Waals surface area contributed by atoms with Gasteiger partial charge in [-0.25, -0.2) is 0 Å². The molecule has 0 radical (unpaired) electrons. The maximum Gasteiger partial charge on any atom is 0.224 e. The highest BCUT2D eigenvalue weighted by Crippen LogP contribution is 2.48. The number of Topliss-reactive ketones (excluding diaryl/α,β-unsaturated/α-hetero) is 1. The van der Waals surface area contributed by atoms with Crippen LogP contribution in [0.3, 0.4) is 0 Å². The number of ether oxygens (including phenoxy) is 1. The lowest BCUT2D eigenvalue weighted by Gasteiger charge is -2.39. The van der Waals surface area contributed by atoms with Gasteiger partial charge in [0.05, 0.1) is 30.4 Å². The Morgan fingerprint density at radius 3 is 2.38 bits per heavy atom. The number of rotatable bonds is 6.